The van der Waals surface area contributed by atoms with Crippen LogP contribution in [0.15, 0.2) is 29.2 Å². The summed E-state index contributed by atoms with van der Waals surface area (Å²) in [6.45, 7) is 6.92. The molecule has 1 saturated heterocycles. The number of likely N-dealkylation sites (tertiary alicyclic amines) is 1. The Bertz CT molecular complexity index is 596. The number of nitrogens with one attached hydrogen (secondary N) is 1. The maximum Gasteiger partial charge on any atom is 0.253 e. The standard InChI is InChI=1S/C14H20N2O3S/c1-14(2,3)15-20(18,19)12-7-5-11(6-8-12)13(17)16-9-4-10-16/h5-8,15H,4,9-10H2,1-3H3. The van der Waals surface area contributed by atoms with Gasteiger partial charge >= 0.3 is 0 Å². The molecule has 0 unspecified atom stereocenters. The van der Waals surface area contributed by atoms with Gasteiger partial charge in [-0.2, -0.15) is 0 Å². The van der Waals surface area contributed by atoms with E-state index in [1.54, 1.807) is 37.8 Å². The Kier molecular flexibility index (Phi) is 3.88. The van der Waals surface area contributed by atoms with Crippen molar-refractivity contribution in [3.63, 3.8) is 0 Å². The van der Waals surface area contributed by atoms with Crippen molar-refractivity contribution in [1.29, 1.82) is 0 Å². The molecule has 6 heteroatoms. The molecule has 0 aromatic heterocycles. The highest BCUT2D eigenvalue weighted by Crippen LogP contribution is 2.16. The number of amides is 1. The van der Waals surface area contributed by atoms with Gasteiger partial charge in [0.15, 0.2) is 0 Å². The van der Waals surface area contributed by atoms with Gasteiger partial charge in [0.2, 0.25) is 10.0 Å². The first-order valence-corrected chi connectivity index (χ1v) is 8.11. The van der Waals surface area contributed by atoms with Gasteiger partial charge in [0.25, 0.3) is 5.91 Å². The van der Waals surface area contributed by atoms with Crippen LogP contribution < -0.4 is 4.72 Å². The van der Waals surface area contributed by atoms with Gasteiger partial charge in [-0.05, 0) is 51.5 Å². The molecule has 0 bridgehead atoms. The Morgan fingerprint density at radius 1 is 1.15 bits per heavy atom. The van der Waals surface area contributed by atoms with Crippen molar-refractivity contribution in [3.8, 4) is 0 Å². The molecule has 1 aliphatic heterocycles. The number of benzene rings is 1. The molecular weight excluding hydrogens is 276 g/mol. The molecule has 0 spiro atoms. The second-order valence-electron chi connectivity index (χ2n) is 6.03. The zero-order valence-corrected chi connectivity index (χ0v) is 12.8. The lowest BCUT2D eigenvalue weighted by molar-refractivity contribution is 0.0651. The minimum atomic E-state index is -3.55. The van der Waals surface area contributed by atoms with E-state index in [1.165, 1.54) is 12.1 Å². The maximum absolute atomic E-state index is 12.1. The van der Waals surface area contributed by atoms with Gasteiger partial charge in [0.05, 0.1) is 4.90 Å². The van der Waals surface area contributed by atoms with Gasteiger partial charge in [0.1, 0.15) is 0 Å². The van der Waals surface area contributed by atoms with E-state index in [9.17, 15) is 13.2 Å². The molecule has 0 atom stereocenters. The lowest BCUT2D eigenvalue weighted by atomic mass is 10.1. The highest BCUT2D eigenvalue weighted by molar-refractivity contribution is 7.89. The van der Waals surface area contributed by atoms with E-state index >= 15 is 0 Å². The minimum Gasteiger partial charge on any atom is -0.339 e. The summed E-state index contributed by atoms with van der Waals surface area (Å²) in [7, 11) is -3.55. The quantitative estimate of drug-likeness (QED) is 0.921. The van der Waals surface area contributed by atoms with Crippen molar-refractivity contribution in [2.75, 3.05) is 13.1 Å². The van der Waals surface area contributed by atoms with E-state index in [4.69, 9.17) is 0 Å². The summed E-state index contributed by atoms with van der Waals surface area (Å²) in [4.78, 5) is 13.9. The molecule has 110 valence electrons. The van der Waals surface area contributed by atoms with E-state index in [1.807, 2.05) is 0 Å². The van der Waals surface area contributed by atoms with Crippen LogP contribution in [0.25, 0.3) is 0 Å². The predicted octanol–water partition coefficient (Wildman–Crippen LogP) is 1.61. The van der Waals surface area contributed by atoms with Crippen molar-refractivity contribution in [1.82, 2.24) is 9.62 Å². The topological polar surface area (TPSA) is 66.5 Å². The lowest BCUT2D eigenvalue weighted by Gasteiger charge is -2.30. The first-order chi connectivity index (χ1) is 9.19. The molecule has 2 rings (SSSR count). The summed E-state index contributed by atoms with van der Waals surface area (Å²) in [6, 6.07) is 6.08. The van der Waals surface area contributed by atoms with Gasteiger partial charge in [-0.1, -0.05) is 0 Å². The van der Waals surface area contributed by atoms with Crippen LogP contribution in [0.4, 0.5) is 0 Å². The number of hydrogen-bond donors (Lipinski definition) is 1. The summed E-state index contributed by atoms with van der Waals surface area (Å²) in [5, 5.41) is 0. The molecule has 0 radical (unpaired) electrons. The van der Waals surface area contributed by atoms with Gasteiger partial charge in [-0.25, -0.2) is 13.1 Å². The monoisotopic (exact) mass is 296 g/mol. The second kappa shape index (κ2) is 5.18. The van der Waals surface area contributed by atoms with Crippen molar-refractivity contribution < 1.29 is 13.2 Å². The fourth-order valence-electron chi connectivity index (χ4n) is 1.94. The summed E-state index contributed by atoms with van der Waals surface area (Å²) < 4.78 is 26.8. The molecule has 1 N–H and O–H groups in total. The van der Waals surface area contributed by atoms with Crippen molar-refractivity contribution in [2.45, 2.75) is 37.6 Å². The van der Waals surface area contributed by atoms with Crippen molar-refractivity contribution in [3.05, 3.63) is 29.8 Å². The van der Waals surface area contributed by atoms with Gasteiger partial charge in [-0.3, -0.25) is 4.79 Å². The van der Waals surface area contributed by atoms with Crippen LogP contribution in [0.5, 0.6) is 0 Å². The number of sulfonamides is 1. The van der Waals surface area contributed by atoms with E-state index in [0.717, 1.165) is 19.5 Å². The highest BCUT2D eigenvalue weighted by atomic mass is 32.2. The molecule has 1 aliphatic rings. The first kappa shape index (κ1) is 15.0. The SMILES string of the molecule is CC(C)(C)NS(=O)(=O)c1ccc(C(=O)N2CCC2)cc1. The van der Waals surface area contributed by atoms with Crippen molar-refractivity contribution >= 4 is 15.9 Å². The average Bonchev–Trinajstić information content (AvgIpc) is 2.23. The number of carbonyl (C=O) groups is 1. The molecule has 0 saturated carbocycles. The normalized spacial score (nSPS) is 15.8. The molecule has 1 fully saturated rings. The molecule has 1 amide bonds. The number of rotatable bonds is 3. The molecular formula is C14H20N2O3S. The van der Waals surface area contributed by atoms with E-state index in [2.05, 4.69) is 4.72 Å². The fraction of sp³-hybridized carbons (Fsp3) is 0.500. The fourth-order valence-corrected chi connectivity index (χ4v) is 3.36. The van der Waals surface area contributed by atoms with Gasteiger partial charge in [-0.15, -0.1) is 0 Å². The third kappa shape index (κ3) is 3.37. The smallest absolute Gasteiger partial charge is 0.253 e. The number of nitrogens with zero attached hydrogens (tertiary/aromatic N) is 1. The molecule has 1 aromatic rings. The highest BCUT2D eigenvalue weighted by Gasteiger charge is 2.24. The number of hydrogen-bond acceptors (Lipinski definition) is 3. The predicted molar refractivity (Wildman–Crippen MR) is 77.0 cm³/mol. The van der Waals surface area contributed by atoms with Crippen LogP contribution in [0.2, 0.25) is 0 Å². The van der Waals surface area contributed by atoms with E-state index in [0.29, 0.717) is 5.56 Å². The van der Waals surface area contributed by atoms with E-state index in [-0.39, 0.29) is 10.8 Å². The summed E-state index contributed by atoms with van der Waals surface area (Å²) in [6.07, 6.45) is 1.04. The maximum atomic E-state index is 12.1. The second-order valence-corrected chi connectivity index (χ2v) is 7.71. The Balaban J connectivity index is 2.17. The molecule has 1 aromatic carbocycles. The molecule has 5 nitrogen and oxygen atoms in total. The zero-order chi connectivity index (χ0) is 15.0. The average molecular weight is 296 g/mol. The van der Waals surface area contributed by atoms with Crippen LogP contribution >= 0.6 is 0 Å². The van der Waals surface area contributed by atoms with Crippen LogP contribution in [-0.2, 0) is 10.0 Å². The largest absolute Gasteiger partial charge is 0.339 e. The summed E-state index contributed by atoms with van der Waals surface area (Å²) >= 11 is 0. The first-order valence-electron chi connectivity index (χ1n) is 6.62. The summed E-state index contributed by atoms with van der Waals surface area (Å²) in [5.74, 6) is -0.0380. The molecule has 1 heterocycles. The van der Waals surface area contributed by atoms with Crippen molar-refractivity contribution in [2.24, 2.45) is 0 Å². The number of carbonyl (C=O) groups excluding carboxylic acids is 1. The molecule has 20 heavy (non-hydrogen) atoms. The van der Waals surface area contributed by atoms with Gasteiger partial charge in [0, 0.05) is 24.2 Å². The van der Waals surface area contributed by atoms with Crippen LogP contribution in [0.3, 0.4) is 0 Å². The van der Waals surface area contributed by atoms with Gasteiger partial charge < -0.3 is 4.90 Å². The third-order valence-corrected chi connectivity index (χ3v) is 4.77. The lowest BCUT2D eigenvalue weighted by Crippen LogP contribution is -2.42. The van der Waals surface area contributed by atoms with Crippen LogP contribution in [0.1, 0.15) is 37.6 Å². The Morgan fingerprint density at radius 2 is 1.70 bits per heavy atom. The summed E-state index contributed by atoms with van der Waals surface area (Å²) in [5.41, 5.74) is -0.00952. The Hall–Kier alpha value is -1.40. The van der Waals surface area contributed by atoms with Crippen LogP contribution in [-0.4, -0.2) is 37.9 Å². The zero-order valence-electron chi connectivity index (χ0n) is 12.0. The molecule has 0 aliphatic carbocycles. The minimum absolute atomic E-state index is 0.0380. The Morgan fingerprint density at radius 3 is 2.10 bits per heavy atom. The Labute approximate surface area is 120 Å². The third-order valence-electron chi connectivity index (χ3n) is 3.00. The van der Waals surface area contributed by atoms with E-state index < -0.39 is 15.6 Å². The van der Waals surface area contributed by atoms with Crippen LogP contribution in [0, 0.1) is 0 Å².